The molecule has 1 aromatic rings. The largest absolute Gasteiger partial charge is 0.508 e. The second-order valence-corrected chi connectivity index (χ2v) is 2.71. The molecule has 1 nitrogen and oxygen atoms in total. The Hall–Kier alpha value is -0.980. The molecule has 0 spiro atoms. The fraction of sp³-hybridized carbons (Fsp3) is 0.300. The summed E-state index contributed by atoms with van der Waals surface area (Å²) in [5.74, 6) is 0.799. The van der Waals surface area contributed by atoms with Crippen LogP contribution in [0.4, 0.5) is 0 Å². The summed E-state index contributed by atoms with van der Waals surface area (Å²) >= 11 is 0. The predicted octanol–water partition coefficient (Wildman–Crippen LogP) is 2.72. The molecule has 0 saturated carbocycles. The minimum Gasteiger partial charge on any atom is -0.508 e. The van der Waals surface area contributed by atoms with Crippen molar-refractivity contribution in [2.24, 2.45) is 0 Å². The van der Waals surface area contributed by atoms with Crippen LogP contribution in [0, 0.1) is 6.42 Å². The third-order valence-corrected chi connectivity index (χ3v) is 1.92. The smallest absolute Gasteiger partial charge is 0.115 e. The Kier molecular flexibility index (Phi) is 2.53. The van der Waals surface area contributed by atoms with E-state index in [0.29, 0.717) is 11.7 Å². The second-order valence-electron chi connectivity index (χ2n) is 2.71. The maximum Gasteiger partial charge on any atom is 0.115 e. The Bertz CT molecular complexity index is 213. The maximum atomic E-state index is 9.00. The topological polar surface area (TPSA) is 20.2 Å². The standard InChI is InChI=1S/C10H13O/c1-3-8(2)9-4-6-10(11)7-5-9/h3-8,11H,1-2H3/t8-/m0/s1. The Labute approximate surface area is 67.7 Å². The van der Waals surface area contributed by atoms with Crippen LogP contribution >= 0.6 is 0 Å². The predicted molar refractivity (Wildman–Crippen MR) is 46.5 cm³/mol. The number of hydrogen-bond donors (Lipinski definition) is 1. The number of aromatic hydroxyl groups is 1. The van der Waals surface area contributed by atoms with Crippen molar-refractivity contribution in [3.05, 3.63) is 36.2 Å². The highest BCUT2D eigenvalue weighted by Crippen LogP contribution is 2.19. The maximum absolute atomic E-state index is 9.00. The molecule has 1 rings (SSSR count). The van der Waals surface area contributed by atoms with E-state index in [1.165, 1.54) is 5.56 Å². The summed E-state index contributed by atoms with van der Waals surface area (Å²) in [5.41, 5.74) is 1.24. The Morgan fingerprint density at radius 2 is 1.82 bits per heavy atom. The molecule has 1 heteroatoms. The molecule has 0 heterocycles. The van der Waals surface area contributed by atoms with Gasteiger partial charge in [-0.15, -0.1) is 0 Å². The van der Waals surface area contributed by atoms with Gasteiger partial charge in [0, 0.05) is 0 Å². The molecule has 1 N–H and O–H groups in total. The van der Waals surface area contributed by atoms with Crippen molar-refractivity contribution in [3.63, 3.8) is 0 Å². The van der Waals surface area contributed by atoms with Gasteiger partial charge in [-0.25, -0.2) is 0 Å². The summed E-state index contributed by atoms with van der Waals surface area (Å²) in [5, 5.41) is 9.00. The molecule has 0 aromatic heterocycles. The van der Waals surface area contributed by atoms with E-state index in [-0.39, 0.29) is 0 Å². The summed E-state index contributed by atoms with van der Waals surface area (Å²) in [6.45, 7) is 4.17. The van der Waals surface area contributed by atoms with E-state index < -0.39 is 0 Å². The van der Waals surface area contributed by atoms with Gasteiger partial charge in [-0.3, -0.25) is 0 Å². The number of rotatable bonds is 2. The quantitative estimate of drug-likeness (QED) is 0.685. The molecule has 0 aliphatic carbocycles. The highest BCUT2D eigenvalue weighted by molar-refractivity contribution is 5.28. The van der Waals surface area contributed by atoms with Crippen LogP contribution < -0.4 is 0 Å². The lowest BCUT2D eigenvalue weighted by atomic mass is 9.99. The zero-order valence-electron chi connectivity index (χ0n) is 6.91. The first-order chi connectivity index (χ1) is 5.24. The first kappa shape index (κ1) is 8.12. The Balaban J connectivity index is 2.81. The third kappa shape index (κ3) is 1.97. The molecule has 1 atom stereocenters. The first-order valence-corrected chi connectivity index (χ1v) is 3.82. The van der Waals surface area contributed by atoms with Crippen LogP contribution in [-0.2, 0) is 0 Å². The van der Waals surface area contributed by atoms with Crippen LogP contribution in [0.5, 0.6) is 5.75 Å². The van der Waals surface area contributed by atoms with Crippen LogP contribution in [0.2, 0.25) is 0 Å². The fourth-order valence-electron chi connectivity index (χ4n) is 0.970. The lowest BCUT2D eigenvalue weighted by Gasteiger charge is -2.07. The van der Waals surface area contributed by atoms with Crippen LogP contribution in [0.1, 0.15) is 25.3 Å². The summed E-state index contributed by atoms with van der Waals surface area (Å²) in [6, 6.07) is 7.32. The molecule has 1 aromatic carbocycles. The zero-order chi connectivity index (χ0) is 8.27. The molecular formula is C10H13O. The van der Waals surface area contributed by atoms with Crippen LogP contribution in [0.25, 0.3) is 0 Å². The normalized spacial score (nSPS) is 12.9. The van der Waals surface area contributed by atoms with Gasteiger partial charge in [0.25, 0.3) is 0 Å². The van der Waals surface area contributed by atoms with Crippen LogP contribution in [-0.4, -0.2) is 5.11 Å². The molecule has 0 fully saturated rings. The van der Waals surface area contributed by atoms with E-state index in [1.54, 1.807) is 12.1 Å². The van der Waals surface area contributed by atoms with Crippen molar-refractivity contribution in [2.45, 2.75) is 19.8 Å². The lowest BCUT2D eigenvalue weighted by molar-refractivity contribution is 0.475. The van der Waals surface area contributed by atoms with Crippen molar-refractivity contribution < 1.29 is 5.11 Å². The van der Waals surface area contributed by atoms with E-state index >= 15 is 0 Å². The van der Waals surface area contributed by atoms with Crippen molar-refractivity contribution in [3.8, 4) is 5.75 Å². The molecular weight excluding hydrogens is 136 g/mol. The van der Waals surface area contributed by atoms with E-state index in [0.717, 1.165) is 0 Å². The summed E-state index contributed by atoms with van der Waals surface area (Å²) in [4.78, 5) is 0. The highest BCUT2D eigenvalue weighted by Gasteiger charge is 2.01. The minimum absolute atomic E-state index is 0.331. The molecule has 59 valence electrons. The number of hydrogen-bond acceptors (Lipinski definition) is 1. The molecule has 1 radical (unpaired) electrons. The van der Waals surface area contributed by atoms with Crippen molar-refractivity contribution in [1.82, 2.24) is 0 Å². The third-order valence-electron chi connectivity index (χ3n) is 1.92. The summed E-state index contributed by atoms with van der Waals surface area (Å²) in [7, 11) is 0. The van der Waals surface area contributed by atoms with E-state index in [9.17, 15) is 0 Å². The van der Waals surface area contributed by atoms with Gasteiger partial charge in [0.15, 0.2) is 0 Å². The summed E-state index contributed by atoms with van der Waals surface area (Å²) < 4.78 is 0. The molecule has 0 aliphatic heterocycles. The Morgan fingerprint density at radius 1 is 1.27 bits per heavy atom. The average molecular weight is 149 g/mol. The number of phenolic OH excluding ortho intramolecular Hbond substituents is 1. The van der Waals surface area contributed by atoms with Gasteiger partial charge in [-0.1, -0.05) is 26.0 Å². The molecule has 0 unspecified atom stereocenters. The van der Waals surface area contributed by atoms with Crippen molar-refractivity contribution in [2.75, 3.05) is 0 Å². The van der Waals surface area contributed by atoms with Gasteiger partial charge in [0.2, 0.25) is 0 Å². The number of benzene rings is 1. The van der Waals surface area contributed by atoms with Gasteiger partial charge in [0.1, 0.15) is 5.75 Å². The van der Waals surface area contributed by atoms with E-state index in [4.69, 9.17) is 5.11 Å². The first-order valence-electron chi connectivity index (χ1n) is 3.82. The van der Waals surface area contributed by atoms with Gasteiger partial charge < -0.3 is 5.11 Å². The minimum atomic E-state index is 0.331. The van der Waals surface area contributed by atoms with Gasteiger partial charge >= 0.3 is 0 Å². The van der Waals surface area contributed by atoms with Gasteiger partial charge in [-0.2, -0.15) is 0 Å². The molecule has 0 saturated heterocycles. The van der Waals surface area contributed by atoms with Gasteiger partial charge in [0.05, 0.1) is 0 Å². The molecule has 0 bridgehead atoms. The monoisotopic (exact) mass is 149 g/mol. The van der Waals surface area contributed by atoms with E-state index in [1.807, 2.05) is 19.1 Å². The highest BCUT2D eigenvalue weighted by atomic mass is 16.3. The van der Waals surface area contributed by atoms with Crippen LogP contribution in [0.15, 0.2) is 24.3 Å². The molecule has 0 amide bonds. The SMILES string of the molecule is C[CH][C@H](C)c1ccc(O)cc1. The fourth-order valence-corrected chi connectivity index (χ4v) is 0.970. The zero-order valence-corrected chi connectivity index (χ0v) is 6.91. The van der Waals surface area contributed by atoms with Crippen molar-refractivity contribution >= 4 is 0 Å². The Morgan fingerprint density at radius 3 is 2.27 bits per heavy atom. The molecule has 11 heavy (non-hydrogen) atoms. The lowest BCUT2D eigenvalue weighted by Crippen LogP contribution is -1.90. The number of phenols is 1. The second kappa shape index (κ2) is 3.42. The summed E-state index contributed by atoms with van der Waals surface area (Å²) in [6.07, 6.45) is 2.13. The van der Waals surface area contributed by atoms with E-state index in [2.05, 4.69) is 13.3 Å². The molecule has 0 aliphatic rings. The average Bonchev–Trinajstić information content (AvgIpc) is 2.05. The van der Waals surface area contributed by atoms with Crippen LogP contribution in [0.3, 0.4) is 0 Å². The van der Waals surface area contributed by atoms with Crippen molar-refractivity contribution in [1.29, 1.82) is 0 Å². The van der Waals surface area contributed by atoms with Gasteiger partial charge in [-0.05, 0) is 30.0 Å².